The Morgan fingerprint density at radius 3 is 2.35 bits per heavy atom. The Bertz CT molecular complexity index is 530. The summed E-state index contributed by atoms with van der Waals surface area (Å²) < 4.78 is 15.4. The Balaban J connectivity index is 2.61. The van der Waals surface area contributed by atoms with Gasteiger partial charge in [-0.15, -0.1) is 0 Å². The maximum absolute atomic E-state index is 11.7. The number of ether oxygens (including phenoxy) is 3. The van der Waals surface area contributed by atoms with Gasteiger partial charge in [-0.05, 0) is 31.0 Å². The zero-order valence-electron chi connectivity index (χ0n) is 14.3. The van der Waals surface area contributed by atoms with Gasteiger partial charge in [0.1, 0.15) is 0 Å². The van der Waals surface area contributed by atoms with Crippen molar-refractivity contribution >= 4 is 11.9 Å². The third kappa shape index (κ3) is 6.18. The molecule has 0 spiro atoms. The molecule has 6 nitrogen and oxygen atoms in total. The number of amides is 1. The zero-order chi connectivity index (χ0) is 17.2. The molecular weight excluding hydrogens is 298 g/mol. The minimum atomic E-state index is -0.287. The number of methoxy groups -OCH3 is 2. The minimum absolute atomic E-state index is 0.0604. The lowest BCUT2D eigenvalue weighted by molar-refractivity contribution is -0.143. The topological polar surface area (TPSA) is 65.1 Å². The monoisotopic (exact) mass is 323 g/mol. The highest BCUT2D eigenvalue weighted by molar-refractivity contribution is 5.75. The highest BCUT2D eigenvalue weighted by Gasteiger charge is 2.12. The van der Waals surface area contributed by atoms with Crippen LogP contribution in [0, 0.1) is 0 Å². The molecule has 0 saturated heterocycles. The van der Waals surface area contributed by atoms with E-state index in [1.54, 1.807) is 26.0 Å². The molecule has 1 rings (SSSR count). The lowest BCUT2D eigenvalue weighted by Gasteiger charge is -2.21. The van der Waals surface area contributed by atoms with E-state index in [0.717, 1.165) is 5.56 Å². The van der Waals surface area contributed by atoms with E-state index >= 15 is 0 Å². The van der Waals surface area contributed by atoms with Gasteiger partial charge in [-0.2, -0.15) is 0 Å². The molecule has 1 amide bonds. The van der Waals surface area contributed by atoms with E-state index in [1.165, 1.54) is 6.92 Å². The minimum Gasteiger partial charge on any atom is -0.493 e. The van der Waals surface area contributed by atoms with Gasteiger partial charge in [-0.25, -0.2) is 0 Å². The lowest BCUT2D eigenvalue weighted by atomic mass is 10.1. The molecule has 0 aliphatic heterocycles. The summed E-state index contributed by atoms with van der Waals surface area (Å²) >= 11 is 0. The first-order chi connectivity index (χ1) is 11.0. The van der Waals surface area contributed by atoms with Crippen LogP contribution in [0.1, 0.15) is 25.8 Å². The molecule has 1 aromatic rings. The molecular formula is C17H25NO5. The van der Waals surface area contributed by atoms with E-state index in [9.17, 15) is 9.59 Å². The highest BCUT2D eigenvalue weighted by Crippen LogP contribution is 2.27. The van der Waals surface area contributed by atoms with Crippen molar-refractivity contribution in [1.82, 2.24) is 4.90 Å². The quantitative estimate of drug-likeness (QED) is 0.651. The number of carbonyl (C=O) groups excluding carboxylic acids is 2. The van der Waals surface area contributed by atoms with Gasteiger partial charge in [0.05, 0.1) is 27.2 Å². The molecule has 0 atom stereocenters. The lowest BCUT2D eigenvalue weighted by Crippen LogP contribution is -2.33. The van der Waals surface area contributed by atoms with Gasteiger partial charge in [0, 0.05) is 20.0 Å². The molecule has 128 valence electrons. The van der Waals surface area contributed by atoms with Gasteiger partial charge in [-0.1, -0.05) is 6.07 Å². The van der Waals surface area contributed by atoms with Crippen molar-refractivity contribution in [3.05, 3.63) is 23.8 Å². The third-order valence-corrected chi connectivity index (χ3v) is 3.45. The van der Waals surface area contributed by atoms with Gasteiger partial charge >= 0.3 is 5.97 Å². The molecule has 0 unspecified atom stereocenters. The molecule has 0 aliphatic rings. The fourth-order valence-corrected chi connectivity index (χ4v) is 2.19. The summed E-state index contributed by atoms with van der Waals surface area (Å²) in [4.78, 5) is 24.7. The van der Waals surface area contributed by atoms with E-state index < -0.39 is 0 Å². The molecule has 1 aromatic carbocycles. The molecule has 0 N–H and O–H groups in total. The summed E-state index contributed by atoms with van der Waals surface area (Å²) in [5.41, 5.74) is 1.03. The average Bonchev–Trinajstić information content (AvgIpc) is 2.54. The second kappa shape index (κ2) is 9.71. The van der Waals surface area contributed by atoms with Crippen molar-refractivity contribution in [2.75, 3.05) is 33.9 Å². The van der Waals surface area contributed by atoms with E-state index in [0.29, 0.717) is 37.6 Å². The number of nitrogens with zero attached hydrogens (tertiary/aromatic N) is 1. The van der Waals surface area contributed by atoms with Crippen molar-refractivity contribution < 1.29 is 23.8 Å². The van der Waals surface area contributed by atoms with E-state index in [2.05, 4.69) is 0 Å². The fourth-order valence-electron chi connectivity index (χ4n) is 2.19. The number of carbonyl (C=O) groups is 2. The maximum Gasteiger partial charge on any atom is 0.307 e. The summed E-state index contributed by atoms with van der Waals surface area (Å²) in [7, 11) is 3.17. The molecule has 0 bridgehead atoms. The van der Waals surface area contributed by atoms with Crippen LogP contribution in [0.25, 0.3) is 0 Å². The van der Waals surface area contributed by atoms with Crippen LogP contribution in [0.15, 0.2) is 18.2 Å². The second-order valence-corrected chi connectivity index (χ2v) is 5.00. The number of rotatable bonds is 9. The number of hydrogen-bond acceptors (Lipinski definition) is 5. The van der Waals surface area contributed by atoms with Gasteiger partial charge in [-0.3, -0.25) is 9.59 Å². The summed E-state index contributed by atoms with van der Waals surface area (Å²) in [6, 6.07) is 5.67. The predicted octanol–water partition coefficient (Wildman–Crippen LogP) is 2.05. The summed E-state index contributed by atoms with van der Waals surface area (Å²) in [5, 5.41) is 0. The Kier molecular flexibility index (Phi) is 7.94. The zero-order valence-corrected chi connectivity index (χ0v) is 14.3. The highest BCUT2D eigenvalue weighted by atomic mass is 16.5. The standard InChI is InChI=1S/C17H25NO5/c1-5-23-17(20)9-11-18(13(2)19)10-8-14-6-7-15(21-3)16(12-14)22-4/h6-7,12H,5,8-11H2,1-4H3. The van der Waals surface area contributed by atoms with Crippen LogP contribution >= 0.6 is 0 Å². The first-order valence-corrected chi connectivity index (χ1v) is 7.63. The largest absolute Gasteiger partial charge is 0.493 e. The SMILES string of the molecule is CCOC(=O)CCN(CCc1ccc(OC)c(OC)c1)C(C)=O. The third-order valence-electron chi connectivity index (χ3n) is 3.45. The van der Waals surface area contributed by atoms with Gasteiger partial charge < -0.3 is 19.1 Å². The molecule has 6 heteroatoms. The van der Waals surface area contributed by atoms with Gasteiger partial charge in [0.25, 0.3) is 0 Å². The predicted molar refractivity (Wildman–Crippen MR) is 86.8 cm³/mol. The Morgan fingerprint density at radius 1 is 1.09 bits per heavy atom. The molecule has 0 fully saturated rings. The molecule has 23 heavy (non-hydrogen) atoms. The molecule has 0 aromatic heterocycles. The summed E-state index contributed by atoms with van der Waals surface area (Å²) in [6.07, 6.45) is 0.877. The van der Waals surface area contributed by atoms with Crippen LogP contribution in [0.5, 0.6) is 11.5 Å². The van der Waals surface area contributed by atoms with Gasteiger partial charge in [0.2, 0.25) is 5.91 Å². The molecule has 0 aliphatic carbocycles. The number of hydrogen-bond donors (Lipinski definition) is 0. The first kappa shape index (κ1) is 18.8. The first-order valence-electron chi connectivity index (χ1n) is 7.63. The molecule has 0 saturated carbocycles. The van der Waals surface area contributed by atoms with Crippen LogP contribution in [0.3, 0.4) is 0 Å². The Labute approximate surface area is 137 Å². The van der Waals surface area contributed by atoms with Gasteiger partial charge in [0.15, 0.2) is 11.5 Å². The smallest absolute Gasteiger partial charge is 0.307 e. The number of benzene rings is 1. The normalized spacial score (nSPS) is 10.1. The maximum atomic E-state index is 11.7. The van der Waals surface area contributed by atoms with Crippen molar-refractivity contribution in [2.45, 2.75) is 26.7 Å². The van der Waals surface area contributed by atoms with Crippen LogP contribution in [0.4, 0.5) is 0 Å². The van der Waals surface area contributed by atoms with Crippen molar-refractivity contribution in [3.8, 4) is 11.5 Å². The fraction of sp³-hybridized carbons (Fsp3) is 0.529. The Hall–Kier alpha value is -2.24. The van der Waals surface area contributed by atoms with Crippen LogP contribution in [0.2, 0.25) is 0 Å². The van der Waals surface area contributed by atoms with E-state index in [1.807, 2.05) is 18.2 Å². The van der Waals surface area contributed by atoms with Crippen LogP contribution in [-0.2, 0) is 20.7 Å². The van der Waals surface area contributed by atoms with E-state index in [4.69, 9.17) is 14.2 Å². The van der Waals surface area contributed by atoms with Crippen LogP contribution in [-0.4, -0.2) is 50.7 Å². The summed E-state index contributed by atoms with van der Waals surface area (Å²) in [6.45, 7) is 4.51. The molecule has 0 radical (unpaired) electrons. The van der Waals surface area contributed by atoms with Crippen molar-refractivity contribution in [2.24, 2.45) is 0 Å². The number of esters is 1. The van der Waals surface area contributed by atoms with Crippen molar-refractivity contribution in [1.29, 1.82) is 0 Å². The Morgan fingerprint density at radius 2 is 1.78 bits per heavy atom. The van der Waals surface area contributed by atoms with Crippen LogP contribution < -0.4 is 9.47 Å². The molecule has 0 heterocycles. The van der Waals surface area contributed by atoms with Crippen molar-refractivity contribution in [3.63, 3.8) is 0 Å². The summed E-state index contributed by atoms with van der Waals surface area (Å²) in [5.74, 6) is 0.979. The van der Waals surface area contributed by atoms with E-state index in [-0.39, 0.29) is 18.3 Å². The average molecular weight is 323 g/mol. The second-order valence-electron chi connectivity index (χ2n) is 5.00.